The summed E-state index contributed by atoms with van der Waals surface area (Å²) in [7, 11) is 0. The van der Waals surface area contributed by atoms with Crippen LogP contribution in [-0.2, 0) is 0 Å². The first-order valence-corrected chi connectivity index (χ1v) is 6.71. The molecule has 2 rings (SSSR count). The lowest BCUT2D eigenvalue weighted by atomic mass is 10.1. The first-order chi connectivity index (χ1) is 6.75. The first kappa shape index (κ1) is 10.3. The number of nitrogens with zero attached hydrogens (tertiary/aromatic N) is 1. The Morgan fingerprint density at radius 1 is 1.29 bits per heavy atom. The van der Waals surface area contributed by atoms with Crippen LogP contribution in [0.5, 0.6) is 0 Å². The minimum absolute atomic E-state index is 0.500. The Morgan fingerprint density at radius 3 is 2.64 bits per heavy atom. The SMILES string of the molecule is CC1CSC(NC2CCCC2)=NC1C. The van der Waals surface area contributed by atoms with Crippen molar-refractivity contribution >= 4 is 16.9 Å². The number of amidine groups is 1. The monoisotopic (exact) mass is 212 g/mol. The van der Waals surface area contributed by atoms with Crippen molar-refractivity contribution in [1.29, 1.82) is 0 Å². The minimum Gasteiger partial charge on any atom is -0.362 e. The Balaban J connectivity index is 1.88. The molecule has 1 saturated carbocycles. The van der Waals surface area contributed by atoms with Crippen LogP contribution in [0.15, 0.2) is 4.99 Å². The summed E-state index contributed by atoms with van der Waals surface area (Å²) in [5, 5.41) is 4.78. The molecule has 0 aromatic heterocycles. The Kier molecular flexibility index (Phi) is 3.37. The van der Waals surface area contributed by atoms with Gasteiger partial charge in [0.05, 0.1) is 6.04 Å². The van der Waals surface area contributed by atoms with Gasteiger partial charge in [0.25, 0.3) is 0 Å². The van der Waals surface area contributed by atoms with Crippen molar-refractivity contribution in [3.05, 3.63) is 0 Å². The van der Waals surface area contributed by atoms with Gasteiger partial charge in [0, 0.05) is 11.8 Å². The molecule has 2 aliphatic rings. The maximum atomic E-state index is 4.70. The van der Waals surface area contributed by atoms with E-state index in [1.165, 1.54) is 36.6 Å². The molecule has 0 bridgehead atoms. The lowest BCUT2D eigenvalue weighted by Gasteiger charge is -2.25. The van der Waals surface area contributed by atoms with Crippen molar-refractivity contribution in [1.82, 2.24) is 5.32 Å². The summed E-state index contributed by atoms with van der Waals surface area (Å²) in [6.45, 7) is 4.51. The van der Waals surface area contributed by atoms with Gasteiger partial charge in [-0.15, -0.1) is 0 Å². The van der Waals surface area contributed by atoms with Crippen LogP contribution in [0.25, 0.3) is 0 Å². The van der Waals surface area contributed by atoms with Crippen LogP contribution in [0.1, 0.15) is 39.5 Å². The highest BCUT2D eigenvalue weighted by atomic mass is 32.2. The molecule has 2 atom stereocenters. The molecule has 0 aromatic carbocycles. The average Bonchev–Trinajstić information content (AvgIpc) is 2.64. The van der Waals surface area contributed by atoms with Gasteiger partial charge in [-0.05, 0) is 25.7 Å². The van der Waals surface area contributed by atoms with Gasteiger partial charge in [0.1, 0.15) is 0 Å². The number of rotatable bonds is 1. The summed E-state index contributed by atoms with van der Waals surface area (Å²) >= 11 is 1.90. The number of thioether (sulfide) groups is 1. The van der Waals surface area contributed by atoms with Gasteiger partial charge in [-0.1, -0.05) is 31.5 Å². The quantitative estimate of drug-likeness (QED) is 0.722. The van der Waals surface area contributed by atoms with Crippen LogP contribution in [0, 0.1) is 5.92 Å². The molecular weight excluding hydrogens is 192 g/mol. The second-order valence-electron chi connectivity index (χ2n) is 4.59. The van der Waals surface area contributed by atoms with E-state index >= 15 is 0 Å². The molecule has 2 nitrogen and oxygen atoms in total. The standard InChI is InChI=1S/C11H20N2S/c1-8-7-14-11(12-9(8)2)13-10-5-3-4-6-10/h8-10H,3-7H2,1-2H3,(H,12,13). The highest BCUT2D eigenvalue weighted by molar-refractivity contribution is 8.13. The summed E-state index contributed by atoms with van der Waals surface area (Å²) in [6.07, 6.45) is 5.45. The van der Waals surface area contributed by atoms with Crippen LogP contribution in [-0.4, -0.2) is 23.0 Å². The first-order valence-electron chi connectivity index (χ1n) is 5.73. The van der Waals surface area contributed by atoms with E-state index in [1.54, 1.807) is 0 Å². The predicted octanol–water partition coefficient (Wildman–Crippen LogP) is 2.65. The minimum atomic E-state index is 0.500. The zero-order chi connectivity index (χ0) is 9.97. The summed E-state index contributed by atoms with van der Waals surface area (Å²) in [5.41, 5.74) is 0. The molecule has 0 saturated heterocycles. The van der Waals surface area contributed by atoms with Crippen LogP contribution < -0.4 is 5.32 Å². The second-order valence-corrected chi connectivity index (χ2v) is 5.60. The topological polar surface area (TPSA) is 24.4 Å². The third-order valence-corrected chi connectivity index (χ3v) is 4.50. The van der Waals surface area contributed by atoms with Crippen LogP contribution in [0.4, 0.5) is 0 Å². The van der Waals surface area contributed by atoms with E-state index in [4.69, 9.17) is 4.99 Å². The molecule has 0 radical (unpaired) electrons. The van der Waals surface area contributed by atoms with Crippen molar-refractivity contribution in [3.8, 4) is 0 Å². The zero-order valence-electron chi connectivity index (χ0n) is 9.12. The van der Waals surface area contributed by atoms with E-state index in [2.05, 4.69) is 19.2 Å². The molecule has 14 heavy (non-hydrogen) atoms. The van der Waals surface area contributed by atoms with Gasteiger partial charge in [-0.3, -0.25) is 4.99 Å². The normalized spacial score (nSPS) is 34.3. The fraction of sp³-hybridized carbons (Fsp3) is 0.909. The summed E-state index contributed by atoms with van der Waals surface area (Å²) in [5.74, 6) is 1.95. The average molecular weight is 212 g/mol. The molecule has 2 unspecified atom stereocenters. The molecule has 1 N–H and O–H groups in total. The van der Waals surface area contributed by atoms with E-state index < -0.39 is 0 Å². The molecule has 1 heterocycles. The van der Waals surface area contributed by atoms with E-state index in [1.807, 2.05) is 11.8 Å². The molecule has 80 valence electrons. The molecule has 3 heteroatoms. The number of nitrogens with one attached hydrogen (secondary N) is 1. The number of hydrogen-bond donors (Lipinski definition) is 1. The van der Waals surface area contributed by atoms with Crippen molar-refractivity contribution < 1.29 is 0 Å². The predicted molar refractivity (Wildman–Crippen MR) is 63.9 cm³/mol. The van der Waals surface area contributed by atoms with E-state index in [-0.39, 0.29) is 0 Å². The van der Waals surface area contributed by atoms with Crippen LogP contribution >= 0.6 is 11.8 Å². The fourth-order valence-corrected chi connectivity index (χ4v) is 3.21. The van der Waals surface area contributed by atoms with E-state index in [9.17, 15) is 0 Å². The Bertz CT molecular complexity index is 221. The van der Waals surface area contributed by atoms with E-state index in [0.717, 1.165) is 5.92 Å². The molecule has 1 aliphatic heterocycles. The number of aliphatic imine (C=N–C) groups is 1. The van der Waals surface area contributed by atoms with Crippen molar-refractivity contribution in [2.75, 3.05) is 5.75 Å². The van der Waals surface area contributed by atoms with Crippen LogP contribution in [0.2, 0.25) is 0 Å². The van der Waals surface area contributed by atoms with E-state index in [0.29, 0.717) is 12.1 Å². The lowest BCUT2D eigenvalue weighted by Crippen LogP contribution is -2.35. The smallest absolute Gasteiger partial charge is 0.157 e. The molecule has 0 aromatic rings. The van der Waals surface area contributed by atoms with Gasteiger partial charge in [-0.2, -0.15) is 0 Å². The lowest BCUT2D eigenvalue weighted by molar-refractivity contribution is 0.529. The maximum absolute atomic E-state index is 4.70. The Labute approximate surface area is 90.9 Å². The Morgan fingerprint density at radius 2 is 2.00 bits per heavy atom. The maximum Gasteiger partial charge on any atom is 0.157 e. The van der Waals surface area contributed by atoms with Gasteiger partial charge in [0.2, 0.25) is 0 Å². The van der Waals surface area contributed by atoms with Gasteiger partial charge < -0.3 is 5.32 Å². The summed E-state index contributed by atoms with van der Waals surface area (Å²) in [4.78, 5) is 4.70. The highest BCUT2D eigenvalue weighted by Gasteiger charge is 2.22. The third kappa shape index (κ3) is 2.44. The fourth-order valence-electron chi connectivity index (χ4n) is 2.02. The molecular formula is C11H20N2S. The van der Waals surface area contributed by atoms with Gasteiger partial charge in [-0.25, -0.2) is 0 Å². The highest BCUT2D eigenvalue weighted by Crippen LogP contribution is 2.24. The van der Waals surface area contributed by atoms with Crippen LogP contribution in [0.3, 0.4) is 0 Å². The van der Waals surface area contributed by atoms with Gasteiger partial charge in [0.15, 0.2) is 5.17 Å². The Hall–Kier alpha value is -0.180. The largest absolute Gasteiger partial charge is 0.362 e. The zero-order valence-corrected chi connectivity index (χ0v) is 9.94. The summed E-state index contributed by atoms with van der Waals surface area (Å²) < 4.78 is 0. The second kappa shape index (κ2) is 4.56. The molecule has 1 fully saturated rings. The van der Waals surface area contributed by atoms with Crippen molar-refractivity contribution in [2.45, 2.75) is 51.6 Å². The molecule has 0 spiro atoms. The van der Waals surface area contributed by atoms with Crippen molar-refractivity contribution in [3.63, 3.8) is 0 Å². The number of hydrogen-bond acceptors (Lipinski definition) is 3. The molecule has 1 aliphatic carbocycles. The molecule has 0 amide bonds. The van der Waals surface area contributed by atoms with Crippen molar-refractivity contribution in [2.24, 2.45) is 10.9 Å². The van der Waals surface area contributed by atoms with Gasteiger partial charge >= 0.3 is 0 Å². The summed E-state index contributed by atoms with van der Waals surface area (Å²) in [6, 6.07) is 1.21. The third-order valence-electron chi connectivity index (χ3n) is 3.31.